The molecule has 0 radical (unpaired) electrons. The summed E-state index contributed by atoms with van der Waals surface area (Å²) in [6.07, 6.45) is 3.68. The van der Waals surface area contributed by atoms with Gasteiger partial charge in [-0.1, -0.05) is 23.9 Å². The van der Waals surface area contributed by atoms with Gasteiger partial charge in [-0.15, -0.1) is 10.2 Å². The Labute approximate surface area is 166 Å². The number of para-hydroxylation sites is 1. The number of rotatable bonds is 7. The van der Waals surface area contributed by atoms with Gasteiger partial charge >= 0.3 is 0 Å². The van der Waals surface area contributed by atoms with E-state index in [1.165, 1.54) is 0 Å². The maximum absolute atomic E-state index is 5.53. The Hall–Kier alpha value is -3.26. The van der Waals surface area contributed by atoms with Gasteiger partial charge in [0.05, 0.1) is 31.3 Å². The SMILES string of the molecule is COc1ccc(-n2c(SCn3cccn3)nnc2-c2ccccc2OC)cc1. The molecule has 0 aliphatic heterocycles. The first-order valence-electron chi connectivity index (χ1n) is 8.63. The molecule has 0 aliphatic rings. The molecule has 7 nitrogen and oxygen atoms in total. The zero-order valence-corrected chi connectivity index (χ0v) is 16.3. The third-order valence-corrected chi connectivity index (χ3v) is 5.11. The van der Waals surface area contributed by atoms with E-state index in [4.69, 9.17) is 9.47 Å². The van der Waals surface area contributed by atoms with Crippen LogP contribution in [-0.2, 0) is 5.88 Å². The average Bonchev–Trinajstić information content (AvgIpc) is 3.42. The number of hydrogen-bond donors (Lipinski definition) is 0. The number of aromatic nitrogens is 5. The van der Waals surface area contributed by atoms with Gasteiger partial charge in [-0.05, 0) is 42.5 Å². The molecule has 0 fully saturated rings. The van der Waals surface area contributed by atoms with E-state index in [0.29, 0.717) is 11.7 Å². The summed E-state index contributed by atoms with van der Waals surface area (Å²) in [6.45, 7) is 0. The first-order valence-corrected chi connectivity index (χ1v) is 9.62. The molecule has 2 heterocycles. The lowest BCUT2D eigenvalue weighted by Gasteiger charge is -2.13. The van der Waals surface area contributed by atoms with Crippen molar-refractivity contribution in [2.24, 2.45) is 0 Å². The summed E-state index contributed by atoms with van der Waals surface area (Å²) in [5.74, 6) is 2.88. The molecule has 0 unspecified atom stereocenters. The summed E-state index contributed by atoms with van der Waals surface area (Å²) in [5, 5.41) is 13.9. The Morgan fingerprint density at radius 2 is 1.75 bits per heavy atom. The fourth-order valence-electron chi connectivity index (χ4n) is 2.83. The molecule has 2 aromatic heterocycles. The Bertz CT molecular complexity index is 1040. The van der Waals surface area contributed by atoms with Crippen LogP contribution >= 0.6 is 11.8 Å². The van der Waals surface area contributed by atoms with Crippen LogP contribution in [0.15, 0.2) is 72.1 Å². The van der Waals surface area contributed by atoms with Crippen molar-refractivity contribution in [3.8, 4) is 28.6 Å². The van der Waals surface area contributed by atoms with Crippen LogP contribution in [0.2, 0.25) is 0 Å². The van der Waals surface area contributed by atoms with Crippen molar-refractivity contribution >= 4 is 11.8 Å². The van der Waals surface area contributed by atoms with Crippen molar-refractivity contribution in [1.29, 1.82) is 0 Å². The van der Waals surface area contributed by atoms with E-state index < -0.39 is 0 Å². The van der Waals surface area contributed by atoms with E-state index >= 15 is 0 Å². The molecule has 0 amide bonds. The first kappa shape index (κ1) is 18.1. The second kappa shape index (κ2) is 8.18. The predicted octanol–water partition coefficient (Wildman–Crippen LogP) is 3.90. The number of methoxy groups -OCH3 is 2. The molecule has 2 aromatic carbocycles. The molecular weight excluding hydrogens is 374 g/mol. The molecule has 0 N–H and O–H groups in total. The number of thioether (sulfide) groups is 1. The van der Waals surface area contributed by atoms with Crippen LogP contribution in [0.4, 0.5) is 0 Å². The van der Waals surface area contributed by atoms with Gasteiger partial charge in [-0.3, -0.25) is 9.25 Å². The van der Waals surface area contributed by atoms with Crippen LogP contribution in [0.25, 0.3) is 17.1 Å². The first-order chi connectivity index (χ1) is 13.8. The lowest BCUT2D eigenvalue weighted by Crippen LogP contribution is -2.02. The maximum Gasteiger partial charge on any atom is 0.197 e. The average molecular weight is 393 g/mol. The van der Waals surface area contributed by atoms with Gasteiger partial charge in [-0.2, -0.15) is 5.10 Å². The second-order valence-corrected chi connectivity index (χ2v) is 6.77. The fourth-order valence-corrected chi connectivity index (χ4v) is 3.65. The molecule has 4 aromatic rings. The molecule has 0 spiro atoms. The van der Waals surface area contributed by atoms with E-state index in [0.717, 1.165) is 27.9 Å². The molecule has 0 atom stereocenters. The minimum atomic E-state index is 0.632. The topological polar surface area (TPSA) is 67.0 Å². The zero-order valence-electron chi connectivity index (χ0n) is 15.5. The van der Waals surface area contributed by atoms with Crippen LogP contribution in [0.1, 0.15) is 0 Å². The lowest BCUT2D eigenvalue weighted by atomic mass is 10.2. The van der Waals surface area contributed by atoms with Crippen LogP contribution in [0.5, 0.6) is 11.5 Å². The molecule has 28 heavy (non-hydrogen) atoms. The Morgan fingerprint density at radius 3 is 2.46 bits per heavy atom. The highest BCUT2D eigenvalue weighted by Gasteiger charge is 2.19. The van der Waals surface area contributed by atoms with E-state index in [1.54, 1.807) is 32.2 Å². The molecular formula is C20H19N5O2S. The minimum absolute atomic E-state index is 0.632. The van der Waals surface area contributed by atoms with Crippen molar-refractivity contribution in [3.63, 3.8) is 0 Å². The summed E-state index contributed by atoms with van der Waals surface area (Å²) in [7, 11) is 3.31. The van der Waals surface area contributed by atoms with Gasteiger partial charge in [0.1, 0.15) is 11.5 Å². The number of benzene rings is 2. The van der Waals surface area contributed by atoms with Gasteiger partial charge in [0.2, 0.25) is 0 Å². The van der Waals surface area contributed by atoms with Crippen LogP contribution in [-0.4, -0.2) is 38.8 Å². The van der Waals surface area contributed by atoms with E-state index in [9.17, 15) is 0 Å². The van der Waals surface area contributed by atoms with Gasteiger partial charge in [0.15, 0.2) is 11.0 Å². The van der Waals surface area contributed by atoms with Crippen molar-refractivity contribution in [1.82, 2.24) is 24.5 Å². The smallest absolute Gasteiger partial charge is 0.197 e. The zero-order chi connectivity index (χ0) is 19.3. The summed E-state index contributed by atoms with van der Waals surface area (Å²) in [6, 6.07) is 17.5. The molecule has 142 valence electrons. The van der Waals surface area contributed by atoms with E-state index in [2.05, 4.69) is 15.3 Å². The molecule has 8 heteroatoms. The Kier molecular flexibility index (Phi) is 5.29. The highest BCUT2D eigenvalue weighted by atomic mass is 32.2. The number of ether oxygens (including phenoxy) is 2. The van der Waals surface area contributed by atoms with E-state index in [-0.39, 0.29) is 0 Å². The number of nitrogens with zero attached hydrogens (tertiary/aromatic N) is 5. The van der Waals surface area contributed by atoms with Crippen LogP contribution in [0, 0.1) is 0 Å². The minimum Gasteiger partial charge on any atom is -0.497 e. The largest absolute Gasteiger partial charge is 0.497 e. The Balaban J connectivity index is 1.79. The third-order valence-electron chi connectivity index (χ3n) is 4.20. The summed E-state index contributed by atoms with van der Waals surface area (Å²) >= 11 is 1.56. The normalized spacial score (nSPS) is 10.8. The maximum atomic E-state index is 5.53. The van der Waals surface area contributed by atoms with Crippen molar-refractivity contribution in [2.75, 3.05) is 14.2 Å². The van der Waals surface area contributed by atoms with Crippen molar-refractivity contribution in [2.45, 2.75) is 11.0 Å². The summed E-state index contributed by atoms with van der Waals surface area (Å²) in [5.41, 5.74) is 1.81. The van der Waals surface area contributed by atoms with E-state index in [1.807, 2.05) is 70.0 Å². The molecule has 0 saturated carbocycles. The molecule has 4 rings (SSSR count). The molecule has 0 saturated heterocycles. The fraction of sp³-hybridized carbons (Fsp3) is 0.150. The lowest BCUT2D eigenvalue weighted by molar-refractivity contribution is 0.414. The predicted molar refractivity (Wildman–Crippen MR) is 108 cm³/mol. The molecule has 0 bridgehead atoms. The summed E-state index contributed by atoms with van der Waals surface area (Å²) in [4.78, 5) is 0. The van der Waals surface area contributed by atoms with Gasteiger partial charge < -0.3 is 9.47 Å². The van der Waals surface area contributed by atoms with Gasteiger partial charge in [-0.25, -0.2) is 0 Å². The second-order valence-electron chi connectivity index (χ2n) is 5.86. The highest BCUT2D eigenvalue weighted by molar-refractivity contribution is 7.98. The van der Waals surface area contributed by atoms with Crippen LogP contribution in [0.3, 0.4) is 0 Å². The molecule has 0 aliphatic carbocycles. The quantitative estimate of drug-likeness (QED) is 0.444. The van der Waals surface area contributed by atoms with Crippen molar-refractivity contribution in [3.05, 3.63) is 67.0 Å². The number of hydrogen-bond acceptors (Lipinski definition) is 6. The standard InChI is InChI=1S/C20H19N5O2S/c1-26-16-10-8-15(9-11-16)25-19(17-6-3-4-7-18(17)27-2)22-23-20(25)28-14-24-13-5-12-21-24/h3-13H,14H2,1-2H3. The van der Waals surface area contributed by atoms with Crippen LogP contribution < -0.4 is 9.47 Å². The van der Waals surface area contributed by atoms with Gasteiger partial charge in [0.25, 0.3) is 0 Å². The highest BCUT2D eigenvalue weighted by Crippen LogP contribution is 2.33. The monoisotopic (exact) mass is 393 g/mol. The van der Waals surface area contributed by atoms with Gasteiger partial charge in [0, 0.05) is 12.4 Å². The van der Waals surface area contributed by atoms with Crippen molar-refractivity contribution < 1.29 is 9.47 Å². The summed E-state index contributed by atoms with van der Waals surface area (Å²) < 4.78 is 14.7. The Morgan fingerprint density at radius 1 is 0.929 bits per heavy atom. The third kappa shape index (κ3) is 3.59.